The Balaban J connectivity index is 2.33. The fourth-order valence-electron chi connectivity index (χ4n) is 2.44. The molecule has 1 heterocycles. The summed E-state index contributed by atoms with van der Waals surface area (Å²) in [6.45, 7) is 1.09. The van der Waals surface area contributed by atoms with Crippen molar-refractivity contribution >= 4 is 21.6 Å². The first kappa shape index (κ1) is 14.7. The van der Waals surface area contributed by atoms with Crippen LogP contribution in [-0.2, 0) is 6.18 Å². The largest absolute Gasteiger partial charge is 0.418 e. The molecule has 2 rings (SSSR count). The lowest BCUT2D eigenvalue weighted by atomic mass is 9.97. The van der Waals surface area contributed by atoms with E-state index in [9.17, 15) is 18.3 Å². The molecule has 0 amide bonds. The first-order valence-corrected chi connectivity index (χ1v) is 6.93. The van der Waals surface area contributed by atoms with Gasteiger partial charge in [0.05, 0.1) is 5.56 Å². The lowest BCUT2D eigenvalue weighted by molar-refractivity contribution is -0.137. The van der Waals surface area contributed by atoms with Crippen molar-refractivity contribution in [3.05, 3.63) is 28.2 Å². The Morgan fingerprint density at radius 2 is 2.11 bits per heavy atom. The van der Waals surface area contributed by atoms with Gasteiger partial charge in [-0.2, -0.15) is 13.2 Å². The summed E-state index contributed by atoms with van der Waals surface area (Å²) in [6.07, 6.45) is -2.70. The maximum Gasteiger partial charge on any atom is 0.418 e. The molecule has 1 aliphatic rings. The van der Waals surface area contributed by atoms with Crippen molar-refractivity contribution in [3.63, 3.8) is 0 Å². The molecular formula is C13H15BrF3NO. The molecule has 0 aromatic heterocycles. The van der Waals surface area contributed by atoms with E-state index in [0.29, 0.717) is 17.6 Å². The number of alkyl halides is 3. The SMILES string of the molecule is OCC1CCCN(c2ccc(Br)cc2C(F)(F)F)C1. The van der Waals surface area contributed by atoms with Crippen molar-refractivity contribution in [2.24, 2.45) is 5.92 Å². The Kier molecular flexibility index (Phi) is 4.40. The van der Waals surface area contributed by atoms with Gasteiger partial charge in [0, 0.05) is 29.9 Å². The van der Waals surface area contributed by atoms with Crippen LogP contribution in [0.25, 0.3) is 0 Å². The van der Waals surface area contributed by atoms with E-state index >= 15 is 0 Å². The molecule has 1 aliphatic heterocycles. The minimum atomic E-state index is -4.37. The smallest absolute Gasteiger partial charge is 0.396 e. The van der Waals surface area contributed by atoms with Gasteiger partial charge in [-0.15, -0.1) is 0 Å². The van der Waals surface area contributed by atoms with Crippen LogP contribution in [-0.4, -0.2) is 24.8 Å². The number of halogens is 4. The molecule has 1 atom stereocenters. The normalized spacial score (nSPS) is 20.7. The highest BCUT2D eigenvalue weighted by Crippen LogP contribution is 2.39. The molecule has 106 valence electrons. The third-order valence-electron chi connectivity index (χ3n) is 3.38. The van der Waals surface area contributed by atoms with Crippen LogP contribution in [0.1, 0.15) is 18.4 Å². The monoisotopic (exact) mass is 337 g/mol. The fourth-order valence-corrected chi connectivity index (χ4v) is 2.81. The second kappa shape index (κ2) is 5.71. The molecule has 1 N–H and O–H groups in total. The van der Waals surface area contributed by atoms with Crippen molar-refractivity contribution in [1.82, 2.24) is 0 Å². The van der Waals surface area contributed by atoms with E-state index in [1.165, 1.54) is 6.07 Å². The first-order valence-electron chi connectivity index (χ1n) is 6.14. The van der Waals surface area contributed by atoms with E-state index in [4.69, 9.17) is 0 Å². The quantitative estimate of drug-likeness (QED) is 0.889. The van der Waals surface area contributed by atoms with E-state index in [0.717, 1.165) is 18.9 Å². The van der Waals surface area contributed by atoms with Crippen molar-refractivity contribution in [2.75, 3.05) is 24.6 Å². The molecule has 6 heteroatoms. The van der Waals surface area contributed by atoms with Gasteiger partial charge in [0.2, 0.25) is 0 Å². The molecule has 1 saturated heterocycles. The van der Waals surface area contributed by atoms with Gasteiger partial charge in [-0.1, -0.05) is 15.9 Å². The predicted molar refractivity (Wildman–Crippen MR) is 71.2 cm³/mol. The molecular weight excluding hydrogens is 323 g/mol. The number of hydrogen-bond donors (Lipinski definition) is 1. The van der Waals surface area contributed by atoms with Crippen molar-refractivity contribution in [3.8, 4) is 0 Å². The topological polar surface area (TPSA) is 23.5 Å². The number of hydrogen-bond acceptors (Lipinski definition) is 2. The molecule has 0 radical (unpaired) electrons. The third kappa shape index (κ3) is 3.42. The lowest BCUT2D eigenvalue weighted by Gasteiger charge is -2.35. The third-order valence-corrected chi connectivity index (χ3v) is 3.88. The average molecular weight is 338 g/mol. The van der Waals surface area contributed by atoms with Gasteiger partial charge in [0.15, 0.2) is 0 Å². The summed E-state index contributed by atoms with van der Waals surface area (Å²) in [5.41, 5.74) is -0.422. The minimum Gasteiger partial charge on any atom is -0.396 e. The number of anilines is 1. The number of benzene rings is 1. The molecule has 0 aliphatic carbocycles. The van der Waals surface area contributed by atoms with E-state index in [-0.39, 0.29) is 18.2 Å². The van der Waals surface area contributed by atoms with Crippen LogP contribution >= 0.6 is 15.9 Å². The maximum atomic E-state index is 13.1. The number of nitrogens with zero attached hydrogens (tertiary/aromatic N) is 1. The summed E-state index contributed by atoms with van der Waals surface area (Å²) >= 11 is 3.08. The van der Waals surface area contributed by atoms with Gasteiger partial charge >= 0.3 is 6.18 Å². The van der Waals surface area contributed by atoms with Crippen LogP contribution in [0.4, 0.5) is 18.9 Å². The molecule has 1 fully saturated rings. The van der Waals surface area contributed by atoms with Crippen LogP contribution in [0, 0.1) is 5.92 Å². The molecule has 1 aromatic carbocycles. The molecule has 19 heavy (non-hydrogen) atoms. The summed E-state index contributed by atoms with van der Waals surface area (Å²) < 4.78 is 39.6. The average Bonchev–Trinajstić information content (AvgIpc) is 2.37. The van der Waals surface area contributed by atoms with Crippen LogP contribution in [0.2, 0.25) is 0 Å². The summed E-state index contributed by atoms with van der Waals surface area (Å²) in [4.78, 5) is 1.72. The predicted octanol–water partition coefficient (Wildman–Crippen LogP) is 3.68. The van der Waals surface area contributed by atoms with Crippen molar-refractivity contribution in [1.29, 1.82) is 0 Å². The summed E-state index contributed by atoms with van der Waals surface area (Å²) in [7, 11) is 0. The van der Waals surface area contributed by atoms with Gasteiger partial charge in [-0.3, -0.25) is 0 Å². The Labute approximate surface area is 118 Å². The zero-order valence-electron chi connectivity index (χ0n) is 10.3. The number of aliphatic hydroxyl groups is 1. The highest BCUT2D eigenvalue weighted by Gasteiger charge is 2.36. The summed E-state index contributed by atoms with van der Waals surface area (Å²) in [5.74, 6) is 0.0541. The van der Waals surface area contributed by atoms with E-state index in [2.05, 4.69) is 15.9 Å². The van der Waals surface area contributed by atoms with Crippen LogP contribution in [0.15, 0.2) is 22.7 Å². The Morgan fingerprint density at radius 3 is 2.74 bits per heavy atom. The first-order chi connectivity index (χ1) is 8.91. The van der Waals surface area contributed by atoms with Crippen LogP contribution in [0.3, 0.4) is 0 Å². The van der Waals surface area contributed by atoms with Gasteiger partial charge in [-0.05, 0) is 37.0 Å². The maximum absolute atomic E-state index is 13.1. The standard InChI is InChI=1S/C13H15BrF3NO/c14-10-3-4-12(11(6-10)13(15,16)17)18-5-1-2-9(7-18)8-19/h3-4,6,9,19H,1-2,5,7-8H2. The molecule has 0 bridgehead atoms. The Hall–Kier alpha value is -0.750. The van der Waals surface area contributed by atoms with Gasteiger partial charge in [0.25, 0.3) is 0 Å². The molecule has 0 saturated carbocycles. The zero-order valence-corrected chi connectivity index (χ0v) is 11.8. The fraction of sp³-hybridized carbons (Fsp3) is 0.538. The Bertz CT molecular complexity index is 450. The molecule has 0 spiro atoms. The highest BCUT2D eigenvalue weighted by molar-refractivity contribution is 9.10. The number of piperidine rings is 1. The molecule has 1 unspecified atom stereocenters. The second-order valence-electron chi connectivity index (χ2n) is 4.80. The number of aliphatic hydroxyl groups excluding tert-OH is 1. The molecule has 1 aromatic rings. The van der Waals surface area contributed by atoms with Crippen LogP contribution < -0.4 is 4.90 Å². The zero-order chi connectivity index (χ0) is 14.0. The van der Waals surface area contributed by atoms with E-state index < -0.39 is 11.7 Å². The van der Waals surface area contributed by atoms with Crippen molar-refractivity contribution < 1.29 is 18.3 Å². The lowest BCUT2D eigenvalue weighted by Crippen LogP contribution is -2.37. The highest BCUT2D eigenvalue weighted by atomic mass is 79.9. The molecule has 2 nitrogen and oxygen atoms in total. The van der Waals surface area contributed by atoms with E-state index in [1.54, 1.807) is 11.0 Å². The Morgan fingerprint density at radius 1 is 1.37 bits per heavy atom. The summed E-state index contributed by atoms with van der Waals surface area (Å²) in [6, 6.07) is 4.22. The van der Waals surface area contributed by atoms with E-state index in [1.807, 2.05) is 0 Å². The van der Waals surface area contributed by atoms with Gasteiger partial charge < -0.3 is 10.0 Å². The van der Waals surface area contributed by atoms with Crippen molar-refractivity contribution in [2.45, 2.75) is 19.0 Å². The summed E-state index contributed by atoms with van der Waals surface area (Å²) in [5, 5.41) is 9.17. The van der Waals surface area contributed by atoms with Gasteiger partial charge in [-0.25, -0.2) is 0 Å². The van der Waals surface area contributed by atoms with Gasteiger partial charge in [0.1, 0.15) is 0 Å². The number of rotatable bonds is 2. The minimum absolute atomic E-state index is 0.0222. The second-order valence-corrected chi connectivity index (χ2v) is 5.71. The van der Waals surface area contributed by atoms with Crippen LogP contribution in [0.5, 0.6) is 0 Å².